The summed E-state index contributed by atoms with van der Waals surface area (Å²) in [6, 6.07) is 7.82. The number of carbonyl (C=O) groups excluding carboxylic acids is 1. The first-order valence-electron chi connectivity index (χ1n) is 6.63. The van der Waals surface area contributed by atoms with Gasteiger partial charge in [-0.2, -0.15) is 0 Å². The number of aromatic nitrogens is 1. The van der Waals surface area contributed by atoms with Crippen molar-refractivity contribution in [3.63, 3.8) is 0 Å². The van der Waals surface area contributed by atoms with Crippen molar-refractivity contribution in [1.82, 2.24) is 4.98 Å². The number of carbonyl (C=O) groups is 1. The van der Waals surface area contributed by atoms with E-state index in [1.165, 1.54) is 0 Å². The van der Waals surface area contributed by atoms with Crippen molar-refractivity contribution in [3.8, 4) is 11.5 Å². The molecule has 3 rings (SSSR count). The van der Waals surface area contributed by atoms with Crippen molar-refractivity contribution in [3.05, 3.63) is 39.3 Å². The van der Waals surface area contributed by atoms with Crippen LogP contribution in [0.5, 0.6) is 0 Å². The Hall–Kier alpha value is -1.37. The number of halogens is 1. The van der Waals surface area contributed by atoms with Crippen LogP contribution in [0.3, 0.4) is 0 Å². The molecule has 20 heavy (non-hydrogen) atoms. The van der Waals surface area contributed by atoms with Crippen LogP contribution < -0.4 is 0 Å². The van der Waals surface area contributed by atoms with E-state index < -0.39 is 5.97 Å². The van der Waals surface area contributed by atoms with Crippen molar-refractivity contribution in [2.75, 3.05) is 6.61 Å². The van der Waals surface area contributed by atoms with Crippen molar-refractivity contribution >= 4 is 28.6 Å². The summed E-state index contributed by atoms with van der Waals surface area (Å²) in [5, 5.41) is 0. The van der Waals surface area contributed by atoms with Gasteiger partial charge in [-0.1, -0.05) is 12.1 Å². The van der Waals surface area contributed by atoms with Crippen LogP contribution in [0.1, 0.15) is 41.9 Å². The summed E-state index contributed by atoms with van der Waals surface area (Å²) < 4.78 is 11.8. The molecule has 1 aromatic heterocycles. The number of hydrogen-bond acceptors (Lipinski definition) is 4. The number of benzene rings is 1. The van der Waals surface area contributed by atoms with Gasteiger partial charge in [-0.3, -0.25) is 0 Å². The number of esters is 1. The Morgan fingerprint density at radius 3 is 2.85 bits per heavy atom. The summed E-state index contributed by atoms with van der Waals surface area (Å²) >= 11 is 2.24. The fourth-order valence-corrected chi connectivity index (χ4v) is 2.68. The molecule has 0 bridgehead atoms. The van der Waals surface area contributed by atoms with E-state index in [1.807, 2.05) is 24.3 Å². The van der Waals surface area contributed by atoms with Crippen LogP contribution in [0.2, 0.25) is 0 Å². The molecule has 0 aliphatic heterocycles. The van der Waals surface area contributed by atoms with Gasteiger partial charge in [0.25, 0.3) is 0 Å². The second kappa shape index (κ2) is 5.55. The summed E-state index contributed by atoms with van der Waals surface area (Å²) in [7, 11) is 0. The Labute approximate surface area is 130 Å². The Balaban J connectivity index is 2.03. The minimum Gasteiger partial charge on any atom is -0.460 e. The van der Waals surface area contributed by atoms with Gasteiger partial charge in [0.2, 0.25) is 11.7 Å². The topological polar surface area (TPSA) is 52.3 Å². The van der Waals surface area contributed by atoms with Crippen LogP contribution in [-0.2, 0) is 4.74 Å². The zero-order valence-electron chi connectivity index (χ0n) is 11.1. The van der Waals surface area contributed by atoms with Gasteiger partial charge in [0.15, 0.2) is 0 Å². The van der Waals surface area contributed by atoms with E-state index >= 15 is 0 Å². The lowest BCUT2D eigenvalue weighted by Gasteiger charge is -1.99. The van der Waals surface area contributed by atoms with Crippen molar-refractivity contribution in [2.24, 2.45) is 0 Å². The summed E-state index contributed by atoms with van der Waals surface area (Å²) in [5.74, 6) is 0.691. The lowest BCUT2D eigenvalue weighted by atomic mass is 10.2. The fourth-order valence-electron chi connectivity index (χ4n) is 2.06. The highest BCUT2D eigenvalue weighted by atomic mass is 127. The van der Waals surface area contributed by atoms with Crippen LogP contribution in [-0.4, -0.2) is 17.6 Å². The molecule has 0 amide bonds. The molecule has 0 N–H and O–H groups in total. The maximum absolute atomic E-state index is 12.0. The van der Waals surface area contributed by atoms with E-state index in [0.29, 0.717) is 18.4 Å². The first-order valence-corrected chi connectivity index (χ1v) is 7.71. The highest BCUT2D eigenvalue weighted by Gasteiger charge is 2.34. The molecule has 4 nitrogen and oxygen atoms in total. The van der Waals surface area contributed by atoms with Crippen molar-refractivity contribution < 1.29 is 13.9 Å². The molecule has 0 unspecified atom stereocenters. The van der Waals surface area contributed by atoms with E-state index in [4.69, 9.17) is 9.15 Å². The standard InChI is InChI=1S/C15H14INO3/c1-2-19-15(18)13-12(9-7-8-9)17-14(20-13)10-5-3-4-6-11(10)16/h3-6,9H,2,7-8H2,1H3. The first kappa shape index (κ1) is 13.6. The molecule has 1 fully saturated rings. The predicted molar refractivity (Wildman–Crippen MR) is 82.6 cm³/mol. The number of hydrogen-bond donors (Lipinski definition) is 0. The quantitative estimate of drug-likeness (QED) is 0.592. The van der Waals surface area contributed by atoms with E-state index in [2.05, 4.69) is 27.6 Å². The SMILES string of the molecule is CCOC(=O)c1oc(-c2ccccc2I)nc1C1CC1. The minimum absolute atomic E-state index is 0.268. The Morgan fingerprint density at radius 2 is 2.20 bits per heavy atom. The van der Waals surface area contributed by atoms with Gasteiger partial charge >= 0.3 is 5.97 Å². The molecule has 1 aromatic carbocycles. The van der Waals surface area contributed by atoms with Gasteiger partial charge in [-0.15, -0.1) is 0 Å². The third-order valence-corrected chi connectivity index (χ3v) is 4.12. The second-order valence-corrected chi connectivity index (χ2v) is 5.87. The molecular formula is C15H14INO3. The van der Waals surface area contributed by atoms with Crippen LogP contribution in [0.4, 0.5) is 0 Å². The van der Waals surface area contributed by atoms with Crippen LogP contribution >= 0.6 is 22.6 Å². The lowest BCUT2D eigenvalue weighted by Crippen LogP contribution is -2.05. The predicted octanol–water partition coefficient (Wildman–Crippen LogP) is 4.00. The van der Waals surface area contributed by atoms with E-state index in [0.717, 1.165) is 27.7 Å². The minimum atomic E-state index is -0.418. The molecule has 5 heteroatoms. The summed E-state index contributed by atoms with van der Waals surface area (Å²) in [6.07, 6.45) is 2.12. The van der Waals surface area contributed by atoms with E-state index in [-0.39, 0.29) is 5.76 Å². The van der Waals surface area contributed by atoms with E-state index in [9.17, 15) is 4.79 Å². The molecule has 0 spiro atoms. The lowest BCUT2D eigenvalue weighted by molar-refractivity contribution is 0.0489. The summed E-state index contributed by atoms with van der Waals surface area (Å²) in [4.78, 5) is 16.5. The summed E-state index contributed by atoms with van der Waals surface area (Å²) in [6.45, 7) is 2.12. The zero-order valence-corrected chi connectivity index (χ0v) is 13.2. The maximum atomic E-state index is 12.0. The molecule has 1 saturated carbocycles. The molecule has 0 radical (unpaired) electrons. The van der Waals surface area contributed by atoms with Crippen LogP contribution in [0.15, 0.2) is 28.7 Å². The monoisotopic (exact) mass is 383 g/mol. The average molecular weight is 383 g/mol. The number of nitrogens with zero attached hydrogens (tertiary/aromatic N) is 1. The molecule has 104 valence electrons. The molecule has 0 saturated heterocycles. The molecular weight excluding hydrogens is 369 g/mol. The molecule has 1 aliphatic carbocycles. The highest BCUT2D eigenvalue weighted by molar-refractivity contribution is 14.1. The molecule has 1 heterocycles. The van der Waals surface area contributed by atoms with Gasteiger partial charge in [-0.05, 0) is 54.5 Å². The highest BCUT2D eigenvalue weighted by Crippen LogP contribution is 2.42. The van der Waals surface area contributed by atoms with Gasteiger partial charge in [0.1, 0.15) is 0 Å². The van der Waals surface area contributed by atoms with Crippen molar-refractivity contribution in [2.45, 2.75) is 25.7 Å². The largest absolute Gasteiger partial charge is 0.460 e. The number of ether oxygens (including phenoxy) is 1. The smallest absolute Gasteiger partial charge is 0.376 e. The third-order valence-electron chi connectivity index (χ3n) is 3.18. The average Bonchev–Trinajstić information content (AvgIpc) is 3.19. The Morgan fingerprint density at radius 1 is 1.45 bits per heavy atom. The molecule has 2 aromatic rings. The first-order chi connectivity index (χ1) is 9.70. The van der Waals surface area contributed by atoms with E-state index in [1.54, 1.807) is 6.92 Å². The second-order valence-electron chi connectivity index (χ2n) is 4.71. The van der Waals surface area contributed by atoms with Crippen molar-refractivity contribution in [1.29, 1.82) is 0 Å². The normalized spacial score (nSPS) is 14.3. The number of rotatable bonds is 4. The van der Waals surface area contributed by atoms with Gasteiger partial charge in [0.05, 0.1) is 17.9 Å². The fraction of sp³-hybridized carbons (Fsp3) is 0.333. The maximum Gasteiger partial charge on any atom is 0.376 e. The van der Waals surface area contributed by atoms with Crippen LogP contribution in [0, 0.1) is 3.57 Å². The zero-order chi connectivity index (χ0) is 14.1. The molecule has 0 atom stereocenters. The van der Waals surface area contributed by atoms with Gasteiger partial charge in [-0.25, -0.2) is 9.78 Å². The third kappa shape index (κ3) is 2.59. The Kier molecular flexibility index (Phi) is 3.78. The van der Waals surface area contributed by atoms with Gasteiger partial charge < -0.3 is 9.15 Å². The Bertz CT molecular complexity index is 646. The molecule has 1 aliphatic rings. The summed E-state index contributed by atoms with van der Waals surface area (Å²) in [5.41, 5.74) is 1.66. The van der Waals surface area contributed by atoms with Crippen LogP contribution in [0.25, 0.3) is 11.5 Å². The number of oxazole rings is 1. The van der Waals surface area contributed by atoms with Gasteiger partial charge in [0, 0.05) is 9.49 Å².